The monoisotopic (exact) mass is 279 g/mol. The molecule has 0 spiro atoms. The SMILES string of the molecule is COCCCNC(=O)N(C)[C@@H](C)Cc1cc(C)ccn1. The minimum absolute atomic E-state index is 0.0544. The van der Waals surface area contributed by atoms with E-state index in [4.69, 9.17) is 4.74 Å². The smallest absolute Gasteiger partial charge is 0.317 e. The number of hydrogen-bond donors (Lipinski definition) is 1. The molecule has 1 rings (SSSR count). The summed E-state index contributed by atoms with van der Waals surface area (Å²) in [6.45, 7) is 5.36. The van der Waals surface area contributed by atoms with Gasteiger partial charge in [0.2, 0.25) is 0 Å². The molecule has 0 fully saturated rings. The summed E-state index contributed by atoms with van der Waals surface area (Å²) in [5, 5.41) is 2.88. The molecule has 1 heterocycles. The average molecular weight is 279 g/mol. The zero-order valence-electron chi connectivity index (χ0n) is 12.8. The molecular formula is C15H25N3O2. The van der Waals surface area contributed by atoms with Gasteiger partial charge in [0.1, 0.15) is 0 Å². The lowest BCUT2D eigenvalue weighted by molar-refractivity contribution is 0.183. The van der Waals surface area contributed by atoms with Gasteiger partial charge in [-0.05, 0) is 38.0 Å². The van der Waals surface area contributed by atoms with Crippen LogP contribution in [0.2, 0.25) is 0 Å². The number of nitrogens with one attached hydrogen (secondary N) is 1. The highest BCUT2D eigenvalue weighted by Crippen LogP contribution is 2.07. The van der Waals surface area contributed by atoms with E-state index in [0.717, 1.165) is 18.5 Å². The normalized spacial score (nSPS) is 12.0. The lowest BCUT2D eigenvalue weighted by atomic mass is 10.1. The second kappa shape index (κ2) is 8.53. The number of ether oxygens (including phenoxy) is 1. The van der Waals surface area contributed by atoms with Gasteiger partial charge in [0.25, 0.3) is 0 Å². The molecular weight excluding hydrogens is 254 g/mol. The summed E-state index contributed by atoms with van der Waals surface area (Å²) >= 11 is 0. The second-order valence-corrected chi connectivity index (χ2v) is 5.07. The van der Waals surface area contributed by atoms with Crippen LogP contribution in [0.5, 0.6) is 0 Å². The predicted octanol–water partition coefficient (Wildman–Crippen LogP) is 2.00. The van der Waals surface area contributed by atoms with Crippen molar-refractivity contribution in [3.8, 4) is 0 Å². The van der Waals surface area contributed by atoms with Crippen LogP contribution >= 0.6 is 0 Å². The molecule has 1 aromatic rings. The number of carbonyl (C=O) groups excluding carboxylic acids is 1. The third-order valence-corrected chi connectivity index (χ3v) is 3.26. The Kier molecular flexibility index (Phi) is 7.01. The number of amides is 2. The Hall–Kier alpha value is -1.62. The largest absolute Gasteiger partial charge is 0.385 e. The van der Waals surface area contributed by atoms with Crippen LogP contribution in [-0.2, 0) is 11.2 Å². The number of nitrogens with zero attached hydrogens (tertiary/aromatic N) is 2. The molecule has 0 aromatic carbocycles. The first kappa shape index (κ1) is 16.4. The van der Waals surface area contributed by atoms with Crippen molar-refractivity contribution >= 4 is 6.03 Å². The maximum absolute atomic E-state index is 12.0. The molecule has 0 radical (unpaired) electrons. The number of aryl methyl sites for hydroxylation is 1. The van der Waals surface area contributed by atoms with Crippen molar-refractivity contribution in [3.63, 3.8) is 0 Å². The fourth-order valence-electron chi connectivity index (χ4n) is 1.89. The number of carbonyl (C=O) groups is 1. The van der Waals surface area contributed by atoms with E-state index in [1.807, 2.05) is 33.2 Å². The maximum Gasteiger partial charge on any atom is 0.317 e. The fourth-order valence-corrected chi connectivity index (χ4v) is 1.89. The molecule has 1 N–H and O–H groups in total. The third kappa shape index (κ3) is 5.57. The van der Waals surface area contributed by atoms with Crippen LogP contribution in [0.15, 0.2) is 18.3 Å². The number of likely N-dealkylation sites (N-methyl/N-ethyl adjacent to an activating group) is 1. The predicted molar refractivity (Wildman–Crippen MR) is 79.8 cm³/mol. The van der Waals surface area contributed by atoms with Gasteiger partial charge in [-0.3, -0.25) is 4.98 Å². The number of hydrogen-bond acceptors (Lipinski definition) is 3. The van der Waals surface area contributed by atoms with Gasteiger partial charge in [-0.2, -0.15) is 0 Å². The summed E-state index contributed by atoms with van der Waals surface area (Å²) in [6, 6.07) is 4.08. The Morgan fingerprint density at radius 1 is 1.55 bits per heavy atom. The van der Waals surface area contributed by atoms with Gasteiger partial charge in [-0.25, -0.2) is 4.79 Å². The number of urea groups is 1. The van der Waals surface area contributed by atoms with Gasteiger partial charge in [0.05, 0.1) is 0 Å². The van der Waals surface area contributed by atoms with Crippen LogP contribution in [0, 0.1) is 6.92 Å². The summed E-state index contributed by atoms with van der Waals surface area (Å²) in [6.07, 6.45) is 3.38. The van der Waals surface area contributed by atoms with Crippen molar-refractivity contribution in [3.05, 3.63) is 29.6 Å². The van der Waals surface area contributed by atoms with E-state index >= 15 is 0 Å². The quantitative estimate of drug-likeness (QED) is 0.777. The first-order valence-corrected chi connectivity index (χ1v) is 6.95. The van der Waals surface area contributed by atoms with Crippen LogP contribution in [0.3, 0.4) is 0 Å². The zero-order valence-corrected chi connectivity index (χ0v) is 12.8. The van der Waals surface area contributed by atoms with Crippen molar-refractivity contribution in [1.29, 1.82) is 0 Å². The van der Waals surface area contributed by atoms with Crippen LogP contribution < -0.4 is 5.32 Å². The van der Waals surface area contributed by atoms with Crippen LogP contribution in [-0.4, -0.2) is 49.3 Å². The Bertz CT molecular complexity index is 423. The van der Waals surface area contributed by atoms with Gasteiger partial charge in [-0.15, -0.1) is 0 Å². The molecule has 0 aliphatic carbocycles. The van der Waals surface area contributed by atoms with E-state index in [0.29, 0.717) is 13.2 Å². The lowest BCUT2D eigenvalue weighted by Gasteiger charge is -2.25. The molecule has 5 heteroatoms. The third-order valence-electron chi connectivity index (χ3n) is 3.26. The molecule has 0 aliphatic heterocycles. The first-order valence-electron chi connectivity index (χ1n) is 6.95. The molecule has 1 aromatic heterocycles. The molecule has 0 unspecified atom stereocenters. The summed E-state index contributed by atoms with van der Waals surface area (Å²) < 4.78 is 4.95. The van der Waals surface area contributed by atoms with E-state index in [1.165, 1.54) is 5.56 Å². The Morgan fingerprint density at radius 3 is 2.95 bits per heavy atom. The van der Waals surface area contributed by atoms with Crippen molar-refractivity contribution in [2.75, 3.05) is 27.3 Å². The average Bonchev–Trinajstić information content (AvgIpc) is 2.42. The minimum Gasteiger partial charge on any atom is -0.385 e. The number of aromatic nitrogens is 1. The summed E-state index contributed by atoms with van der Waals surface area (Å²) in [4.78, 5) is 18.0. The van der Waals surface area contributed by atoms with Crippen molar-refractivity contribution in [2.45, 2.75) is 32.7 Å². The van der Waals surface area contributed by atoms with Crippen molar-refractivity contribution in [2.24, 2.45) is 0 Å². The molecule has 0 saturated heterocycles. The highest BCUT2D eigenvalue weighted by atomic mass is 16.5. The van der Waals surface area contributed by atoms with Gasteiger partial charge in [0, 0.05) is 51.7 Å². The van der Waals surface area contributed by atoms with Gasteiger partial charge >= 0.3 is 6.03 Å². The van der Waals surface area contributed by atoms with E-state index < -0.39 is 0 Å². The van der Waals surface area contributed by atoms with Crippen molar-refractivity contribution < 1.29 is 9.53 Å². The summed E-state index contributed by atoms with van der Waals surface area (Å²) in [5.74, 6) is 0. The maximum atomic E-state index is 12.0. The van der Waals surface area contributed by atoms with E-state index in [-0.39, 0.29) is 12.1 Å². The standard InChI is InChI=1S/C15H25N3O2/c1-12-6-8-16-14(10-12)11-13(2)18(3)15(19)17-7-5-9-20-4/h6,8,10,13H,5,7,9,11H2,1-4H3,(H,17,19)/t13-/m0/s1. The molecule has 112 valence electrons. The van der Waals surface area contributed by atoms with Crippen LogP contribution in [0.4, 0.5) is 4.79 Å². The molecule has 2 amide bonds. The second-order valence-electron chi connectivity index (χ2n) is 5.07. The van der Waals surface area contributed by atoms with Crippen molar-refractivity contribution in [1.82, 2.24) is 15.2 Å². The number of rotatable bonds is 7. The van der Waals surface area contributed by atoms with Gasteiger partial charge in [-0.1, -0.05) is 0 Å². The molecule has 20 heavy (non-hydrogen) atoms. The highest BCUT2D eigenvalue weighted by molar-refractivity contribution is 5.74. The Balaban J connectivity index is 2.41. The first-order chi connectivity index (χ1) is 9.54. The van der Waals surface area contributed by atoms with E-state index in [1.54, 1.807) is 12.0 Å². The Morgan fingerprint density at radius 2 is 2.30 bits per heavy atom. The summed E-state index contributed by atoms with van der Waals surface area (Å²) in [7, 11) is 3.47. The van der Waals surface area contributed by atoms with Crippen LogP contribution in [0.1, 0.15) is 24.6 Å². The fraction of sp³-hybridized carbons (Fsp3) is 0.600. The minimum atomic E-state index is -0.0544. The zero-order chi connectivity index (χ0) is 15.0. The topological polar surface area (TPSA) is 54.5 Å². The van der Waals surface area contributed by atoms with Gasteiger partial charge in [0.15, 0.2) is 0 Å². The highest BCUT2D eigenvalue weighted by Gasteiger charge is 2.16. The Labute approximate surface area is 121 Å². The van der Waals surface area contributed by atoms with E-state index in [9.17, 15) is 4.79 Å². The van der Waals surface area contributed by atoms with Gasteiger partial charge < -0.3 is 15.0 Å². The number of methoxy groups -OCH3 is 1. The molecule has 0 aliphatic rings. The molecule has 0 saturated carbocycles. The summed E-state index contributed by atoms with van der Waals surface area (Å²) in [5.41, 5.74) is 2.20. The van der Waals surface area contributed by atoms with Crippen LogP contribution in [0.25, 0.3) is 0 Å². The number of pyridine rings is 1. The molecule has 5 nitrogen and oxygen atoms in total. The molecule has 0 bridgehead atoms. The lowest BCUT2D eigenvalue weighted by Crippen LogP contribution is -2.43. The van der Waals surface area contributed by atoms with E-state index in [2.05, 4.69) is 16.4 Å². The molecule has 1 atom stereocenters.